The minimum Gasteiger partial charge on any atom is -0.507 e. The molecule has 4 rings (SSSR count). The van der Waals surface area contributed by atoms with Gasteiger partial charge in [-0.25, -0.2) is 4.79 Å². The first-order chi connectivity index (χ1) is 12.2. The molecule has 3 heteroatoms. The molecule has 0 heterocycles. The molecule has 3 nitrogen and oxygen atoms in total. The summed E-state index contributed by atoms with van der Waals surface area (Å²) in [5, 5.41) is 14.4. The lowest BCUT2D eigenvalue weighted by molar-refractivity contribution is 0.0597. The lowest BCUT2D eigenvalue weighted by atomic mass is 10.0. The van der Waals surface area contributed by atoms with Gasteiger partial charge in [0.15, 0.2) is 0 Å². The Labute approximate surface area is 146 Å². The molecule has 0 amide bonds. The van der Waals surface area contributed by atoms with Gasteiger partial charge in [-0.2, -0.15) is 0 Å². The maximum absolute atomic E-state index is 10.9. The second-order valence-electron chi connectivity index (χ2n) is 5.52. The zero-order valence-corrected chi connectivity index (χ0v) is 13.8. The fraction of sp³-hybridized carbons (Fsp3) is 0.0455. The quantitative estimate of drug-likeness (QED) is 0.387. The molecule has 4 aromatic carbocycles. The van der Waals surface area contributed by atoms with Crippen molar-refractivity contribution in [3.05, 3.63) is 90.5 Å². The van der Waals surface area contributed by atoms with E-state index in [2.05, 4.69) is 65.4 Å². The van der Waals surface area contributed by atoms with Crippen LogP contribution >= 0.6 is 0 Å². The number of hydrogen-bond donors (Lipinski definition) is 1. The highest BCUT2D eigenvalue weighted by atomic mass is 16.5. The minimum atomic E-state index is -0.525. The minimum absolute atomic E-state index is 0.0562. The monoisotopic (exact) mass is 330 g/mol. The van der Waals surface area contributed by atoms with E-state index in [9.17, 15) is 4.79 Å². The van der Waals surface area contributed by atoms with E-state index in [1.807, 2.05) is 0 Å². The first-order valence-electron chi connectivity index (χ1n) is 7.93. The molecule has 4 aromatic rings. The van der Waals surface area contributed by atoms with Crippen LogP contribution in [0.3, 0.4) is 0 Å². The smallest absolute Gasteiger partial charge is 0.341 e. The van der Waals surface area contributed by atoms with E-state index < -0.39 is 5.97 Å². The van der Waals surface area contributed by atoms with Crippen LogP contribution in [0.25, 0.3) is 21.5 Å². The zero-order chi connectivity index (χ0) is 17.6. The second kappa shape index (κ2) is 7.49. The van der Waals surface area contributed by atoms with Crippen LogP contribution in [0.15, 0.2) is 84.9 Å². The van der Waals surface area contributed by atoms with Crippen LogP contribution in [0.1, 0.15) is 10.4 Å². The second-order valence-corrected chi connectivity index (χ2v) is 5.52. The summed E-state index contributed by atoms with van der Waals surface area (Å²) in [7, 11) is 1.27. The Morgan fingerprint density at radius 1 is 0.720 bits per heavy atom. The lowest BCUT2D eigenvalue weighted by Crippen LogP contribution is -2.00. The Morgan fingerprint density at radius 3 is 1.72 bits per heavy atom. The lowest BCUT2D eigenvalue weighted by Gasteiger charge is -2.02. The number of aromatic hydroxyl groups is 1. The van der Waals surface area contributed by atoms with Crippen LogP contribution in [0.2, 0.25) is 0 Å². The number of hydrogen-bond acceptors (Lipinski definition) is 3. The molecule has 0 spiro atoms. The Hall–Kier alpha value is -3.33. The molecule has 124 valence electrons. The Bertz CT molecular complexity index is 967. The molecule has 0 aliphatic rings. The van der Waals surface area contributed by atoms with Crippen molar-refractivity contribution in [2.75, 3.05) is 7.11 Å². The van der Waals surface area contributed by atoms with E-state index in [-0.39, 0.29) is 11.3 Å². The number of fused-ring (bicyclic) bond motifs is 3. The Kier molecular flexibility index (Phi) is 4.95. The molecule has 0 saturated carbocycles. The van der Waals surface area contributed by atoms with Crippen molar-refractivity contribution in [2.45, 2.75) is 0 Å². The SMILES string of the molecule is COC(=O)c1ccccc1O.c1ccc2c(c1)ccc1ccccc12. The summed E-state index contributed by atoms with van der Waals surface area (Å²) in [5.41, 5.74) is 0.190. The van der Waals surface area contributed by atoms with Crippen molar-refractivity contribution >= 4 is 27.5 Å². The summed E-state index contributed by atoms with van der Waals surface area (Å²) in [6.45, 7) is 0. The van der Waals surface area contributed by atoms with Gasteiger partial charge in [-0.1, -0.05) is 72.8 Å². The molecule has 0 unspecified atom stereocenters. The molecular formula is C22H18O3. The zero-order valence-electron chi connectivity index (χ0n) is 13.8. The maximum Gasteiger partial charge on any atom is 0.341 e. The Balaban J connectivity index is 0.000000151. The maximum atomic E-state index is 10.9. The third-order valence-electron chi connectivity index (χ3n) is 3.96. The molecule has 0 aliphatic carbocycles. The fourth-order valence-corrected chi connectivity index (χ4v) is 2.71. The molecule has 0 bridgehead atoms. The summed E-state index contributed by atoms with van der Waals surface area (Å²) in [6, 6.07) is 27.6. The fourth-order valence-electron chi connectivity index (χ4n) is 2.71. The van der Waals surface area contributed by atoms with Crippen molar-refractivity contribution in [2.24, 2.45) is 0 Å². The highest BCUT2D eigenvalue weighted by Gasteiger charge is 2.08. The van der Waals surface area contributed by atoms with Crippen LogP contribution in [-0.2, 0) is 4.74 Å². The predicted octanol–water partition coefficient (Wildman–Crippen LogP) is 5.17. The number of benzene rings is 4. The first kappa shape index (κ1) is 16.5. The Morgan fingerprint density at radius 2 is 1.20 bits per heavy atom. The third-order valence-corrected chi connectivity index (χ3v) is 3.96. The highest BCUT2D eigenvalue weighted by Crippen LogP contribution is 2.24. The van der Waals surface area contributed by atoms with E-state index in [4.69, 9.17) is 5.11 Å². The van der Waals surface area contributed by atoms with E-state index in [1.165, 1.54) is 40.8 Å². The van der Waals surface area contributed by atoms with E-state index in [0.29, 0.717) is 0 Å². The summed E-state index contributed by atoms with van der Waals surface area (Å²) in [6.07, 6.45) is 0. The van der Waals surface area contributed by atoms with Crippen LogP contribution in [-0.4, -0.2) is 18.2 Å². The molecule has 25 heavy (non-hydrogen) atoms. The number of phenolic OH excluding ortho intramolecular Hbond substituents is 1. The molecule has 1 N–H and O–H groups in total. The number of ether oxygens (including phenoxy) is 1. The van der Waals surface area contributed by atoms with Crippen molar-refractivity contribution in [3.63, 3.8) is 0 Å². The third kappa shape index (κ3) is 3.61. The van der Waals surface area contributed by atoms with Gasteiger partial charge in [-0.3, -0.25) is 0 Å². The first-order valence-corrected chi connectivity index (χ1v) is 7.93. The van der Waals surface area contributed by atoms with Crippen LogP contribution in [0.5, 0.6) is 5.75 Å². The van der Waals surface area contributed by atoms with Gasteiger partial charge in [0.05, 0.1) is 7.11 Å². The molecule has 0 saturated heterocycles. The van der Waals surface area contributed by atoms with Gasteiger partial charge < -0.3 is 9.84 Å². The normalized spacial score (nSPS) is 10.1. The van der Waals surface area contributed by atoms with Gasteiger partial charge in [0.2, 0.25) is 0 Å². The summed E-state index contributed by atoms with van der Waals surface area (Å²) >= 11 is 0. The summed E-state index contributed by atoms with van der Waals surface area (Å²) < 4.78 is 4.42. The van der Waals surface area contributed by atoms with Crippen molar-refractivity contribution < 1.29 is 14.6 Å². The standard InChI is InChI=1S/C14H10.C8H8O3/c1-3-7-13-11(5-1)9-10-12-6-2-4-8-14(12)13;1-11-8(10)6-4-2-3-5-7(6)9/h1-10H;2-5,9H,1H3. The number of rotatable bonds is 1. The molecule has 0 aromatic heterocycles. The van der Waals surface area contributed by atoms with Crippen molar-refractivity contribution in [1.29, 1.82) is 0 Å². The van der Waals surface area contributed by atoms with Gasteiger partial charge in [0, 0.05) is 0 Å². The highest BCUT2D eigenvalue weighted by molar-refractivity contribution is 6.07. The summed E-state index contributed by atoms with van der Waals surface area (Å²) in [5.74, 6) is -0.581. The van der Waals surface area contributed by atoms with Gasteiger partial charge >= 0.3 is 5.97 Å². The molecule has 0 aliphatic heterocycles. The van der Waals surface area contributed by atoms with E-state index in [1.54, 1.807) is 12.1 Å². The van der Waals surface area contributed by atoms with Gasteiger partial charge in [-0.05, 0) is 33.7 Å². The largest absolute Gasteiger partial charge is 0.507 e. The number of para-hydroxylation sites is 1. The molecule has 0 atom stereocenters. The molecule has 0 fully saturated rings. The van der Waals surface area contributed by atoms with Crippen molar-refractivity contribution in [3.8, 4) is 5.75 Å². The number of methoxy groups -OCH3 is 1. The average Bonchev–Trinajstić information content (AvgIpc) is 2.68. The van der Waals surface area contributed by atoms with Gasteiger partial charge in [-0.15, -0.1) is 0 Å². The van der Waals surface area contributed by atoms with E-state index >= 15 is 0 Å². The van der Waals surface area contributed by atoms with Crippen LogP contribution in [0, 0.1) is 0 Å². The predicted molar refractivity (Wildman–Crippen MR) is 101 cm³/mol. The van der Waals surface area contributed by atoms with Crippen LogP contribution < -0.4 is 0 Å². The van der Waals surface area contributed by atoms with Gasteiger partial charge in [0.1, 0.15) is 11.3 Å². The topological polar surface area (TPSA) is 46.5 Å². The molecular weight excluding hydrogens is 312 g/mol. The number of carbonyl (C=O) groups excluding carboxylic acids is 1. The van der Waals surface area contributed by atoms with Crippen LogP contribution in [0.4, 0.5) is 0 Å². The van der Waals surface area contributed by atoms with Gasteiger partial charge in [0.25, 0.3) is 0 Å². The van der Waals surface area contributed by atoms with E-state index in [0.717, 1.165) is 0 Å². The molecule has 0 radical (unpaired) electrons. The summed E-state index contributed by atoms with van der Waals surface area (Å²) in [4.78, 5) is 10.9. The number of esters is 1. The average molecular weight is 330 g/mol. The van der Waals surface area contributed by atoms with Crippen molar-refractivity contribution in [1.82, 2.24) is 0 Å². The number of carbonyl (C=O) groups is 1. The number of phenols is 1.